The highest BCUT2D eigenvalue weighted by Gasteiger charge is 2.10. The number of nitrogens with one attached hydrogen (secondary N) is 3. The zero-order chi connectivity index (χ0) is 13.9. The van der Waals surface area contributed by atoms with Gasteiger partial charge in [-0.15, -0.1) is 0 Å². The van der Waals surface area contributed by atoms with Crippen molar-refractivity contribution in [1.82, 2.24) is 19.9 Å². The Morgan fingerprint density at radius 3 is 2.85 bits per heavy atom. The van der Waals surface area contributed by atoms with Crippen LogP contribution in [0.2, 0.25) is 0 Å². The van der Waals surface area contributed by atoms with Crippen LogP contribution in [0.5, 0.6) is 0 Å². The summed E-state index contributed by atoms with van der Waals surface area (Å²) in [5.74, 6) is 0.388. The summed E-state index contributed by atoms with van der Waals surface area (Å²) in [6.07, 6.45) is 2.86. The number of para-hydroxylation sites is 1. The molecule has 3 N–H and O–H groups in total. The van der Waals surface area contributed by atoms with Crippen LogP contribution in [0.15, 0.2) is 36.9 Å². The van der Waals surface area contributed by atoms with Gasteiger partial charge in [0.25, 0.3) is 0 Å². The van der Waals surface area contributed by atoms with E-state index in [1.54, 1.807) is 0 Å². The molecule has 0 bridgehead atoms. The predicted octanol–water partition coefficient (Wildman–Crippen LogP) is 2.31. The third-order valence-corrected chi connectivity index (χ3v) is 2.85. The van der Waals surface area contributed by atoms with Gasteiger partial charge in [0.2, 0.25) is 0 Å². The first-order chi connectivity index (χ1) is 9.74. The van der Waals surface area contributed by atoms with Crippen molar-refractivity contribution in [2.24, 2.45) is 0 Å². The standard InChI is InChI=1S/C13H12N6O/c1-8-4-2-3-5-9(8)18-13(20)19-12-10-11(15-6-14-10)16-7-17-12/h2-7H,1H3,(H3,14,15,16,17,18,19,20). The Balaban J connectivity index is 1.80. The summed E-state index contributed by atoms with van der Waals surface area (Å²) in [5.41, 5.74) is 2.83. The first kappa shape index (κ1) is 12.1. The van der Waals surface area contributed by atoms with E-state index in [0.717, 1.165) is 11.3 Å². The van der Waals surface area contributed by atoms with Crippen LogP contribution in [0.3, 0.4) is 0 Å². The molecule has 0 atom stereocenters. The van der Waals surface area contributed by atoms with Crippen molar-refractivity contribution in [1.29, 1.82) is 0 Å². The molecule has 0 saturated heterocycles. The van der Waals surface area contributed by atoms with Crippen LogP contribution < -0.4 is 10.6 Å². The second-order valence-electron chi connectivity index (χ2n) is 4.22. The van der Waals surface area contributed by atoms with Gasteiger partial charge >= 0.3 is 6.03 Å². The van der Waals surface area contributed by atoms with Crippen molar-refractivity contribution < 1.29 is 4.79 Å². The number of anilines is 2. The molecule has 3 rings (SSSR count). The number of aromatic amines is 1. The smallest absolute Gasteiger partial charge is 0.324 e. The van der Waals surface area contributed by atoms with Crippen LogP contribution in [-0.4, -0.2) is 26.0 Å². The van der Waals surface area contributed by atoms with E-state index in [1.165, 1.54) is 12.7 Å². The Kier molecular flexibility index (Phi) is 3.00. The van der Waals surface area contributed by atoms with Crippen LogP contribution in [0, 0.1) is 6.92 Å². The summed E-state index contributed by atoms with van der Waals surface area (Å²) < 4.78 is 0. The molecule has 0 aliphatic carbocycles. The molecule has 0 aliphatic heterocycles. The number of hydrogen-bond acceptors (Lipinski definition) is 4. The molecule has 0 spiro atoms. The molecular formula is C13H12N6O. The number of rotatable bonds is 2. The minimum absolute atomic E-state index is 0.367. The van der Waals surface area contributed by atoms with Crippen molar-refractivity contribution in [3.05, 3.63) is 42.5 Å². The fourth-order valence-corrected chi connectivity index (χ4v) is 1.83. The third kappa shape index (κ3) is 2.28. The number of fused-ring (bicyclic) bond motifs is 1. The highest BCUT2D eigenvalue weighted by atomic mass is 16.2. The molecule has 2 amide bonds. The molecule has 1 aromatic carbocycles. The number of amides is 2. The second kappa shape index (κ2) is 4.96. The van der Waals surface area contributed by atoms with E-state index in [4.69, 9.17) is 0 Å². The van der Waals surface area contributed by atoms with Gasteiger partial charge in [0.15, 0.2) is 11.5 Å². The Labute approximate surface area is 114 Å². The summed E-state index contributed by atoms with van der Waals surface area (Å²) in [6.45, 7) is 1.92. The normalized spacial score (nSPS) is 10.4. The molecule has 7 nitrogen and oxygen atoms in total. The third-order valence-electron chi connectivity index (χ3n) is 2.85. The largest absolute Gasteiger partial charge is 0.340 e. The van der Waals surface area contributed by atoms with Crippen molar-refractivity contribution >= 4 is 28.7 Å². The number of nitrogens with zero attached hydrogens (tertiary/aromatic N) is 3. The van der Waals surface area contributed by atoms with Gasteiger partial charge in [-0.2, -0.15) is 0 Å². The number of aromatic nitrogens is 4. The summed E-state index contributed by atoms with van der Waals surface area (Å²) in [7, 11) is 0. The molecule has 2 aromatic heterocycles. The molecule has 0 fully saturated rings. The van der Waals surface area contributed by atoms with E-state index in [2.05, 4.69) is 30.6 Å². The van der Waals surface area contributed by atoms with Crippen molar-refractivity contribution in [3.8, 4) is 0 Å². The van der Waals surface area contributed by atoms with Gasteiger partial charge in [-0.25, -0.2) is 19.7 Å². The molecule has 0 radical (unpaired) electrons. The fourth-order valence-electron chi connectivity index (χ4n) is 1.83. The van der Waals surface area contributed by atoms with Gasteiger partial charge in [-0.05, 0) is 18.6 Å². The summed E-state index contributed by atoms with van der Waals surface area (Å²) in [6, 6.07) is 7.17. The van der Waals surface area contributed by atoms with Gasteiger partial charge in [0.1, 0.15) is 11.8 Å². The summed E-state index contributed by atoms with van der Waals surface area (Å²) >= 11 is 0. The number of carbonyl (C=O) groups is 1. The van der Waals surface area contributed by atoms with Crippen molar-refractivity contribution in [3.63, 3.8) is 0 Å². The maximum atomic E-state index is 12.0. The molecule has 0 unspecified atom stereocenters. The SMILES string of the molecule is Cc1ccccc1NC(=O)Nc1ncnc2nc[nH]c12. The highest BCUT2D eigenvalue weighted by molar-refractivity contribution is 6.03. The Hall–Kier alpha value is -2.96. The minimum atomic E-state index is -0.367. The number of imidazole rings is 1. The first-order valence-electron chi connectivity index (χ1n) is 6.02. The number of benzene rings is 1. The molecular weight excluding hydrogens is 256 g/mol. The molecule has 0 saturated carbocycles. The Morgan fingerprint density at radius 2 is 2.00 bits per heavy atom. The number of H-pyrrole nitrogens is 1. The van der Waals surface area contributed by atoms with E-state index in [9.17, 15) is 4.79 Å². The maximum Gasteiger partial charge on any atom is 0.324 e. The van der Waals surface area contributed by atoms with Gasteiger partial charge in [0.05, 0.1) is 6.33 Å². The molecule has 2 heterocycles. The molecule has 100 valence electrons. The van der Waals surface area contributed by atoms with Crippen LogP contribution >= 0.6 is 0 Å². The minimum Gasteiger partial charge on any atom is -0.340 e. The maximum absolute atomic E-state index is 12.0. The average molecular weight is 268 g/mol. The first-order valence-corrected chi connectivity index (χ1v) is 6.02. The lowest BCUT2D eigenvalue weighted by molar-refractivity contribution is 0.262. The fraction of sp³-hybridized carbons (Fsp3) is 0.0769. The van der Waals surface area contributed by atoms with Crippen LogP contribution in [0.4, 0.5) is 16.3 Å². The van der Waals surface area contributed by atoms with E-state index in [0.29, 0.717) is 17.0 Å². The Bertz CT molecular complexity index is 766. The average Bonchev–Trinajstić information content (AvgIpc) is 2.91. The van der Waals surface area contributed by atoms with Gasteiger partial charge in [-0.3, -0.25) is 5.32 Å². The molecule has 7 heteroatoms. The van der Waals surface area contributed by atoms with Crippen LogP contribution in [0.25, 0.3) is 11.2 Å². The number of carbonyl (C=O) groups excluding carboxylic acids is 1. The number of hydrogen-bond donors (Lipinski definition) is 3. The zero-order valence-electron chi connectivity index (χ0n) is 10.7. The predicted molar refractivity (Wildman–Crippen MR) is 75.5 cm³/mol. The van der Waals surface area contributed by atoms with Crippen LogP contribution in [0.1, 0.15) is 5.56 Å². The monoisotopic (exact) mass is 268 g/mol. The zero-order valence-corrected chi connectivity index (χ0v) is 10.7. The van der Waals surface area contributed by atoms with Gasteiger partial charge in [0, 0.05) is 5.69 Å². The Morgan fingerprint density at radius 1 is 1.15 bits per heavy atom. The molecule has 20 heavy (non-hydrogen) atoms. The lowest BCUT2D eigenvalue weighted by Crippen LogP contribution is -2.20. The number of aryl methyl sites for hydroxylation is 1. The van der Waals surface area contributed by atoms with E-state index < -0.39 is 0 Å². The van der Waals surface area contributed by atoms with E-state index in [-0.39, 0.29) is 6.03 Å². The second-order valence-corrected chi connectivity index (χ2v) is 4.22. The lowest BCUT2D eigenvalue weighted by atomic mass is 10.2. The van der Waals surface area contributed by atoms with E-state index >= 15 is 0 Å². The topological polar surface area (TPSA) is 95.6 Å². The lowest BCUT2D eigenvalue weighted by Gasteiger charge is -2.09. The van der Waals surface area contributed by atoms with Crippen LogP contribution in [-0.2, 0) is 0 Å². The molecule has 0 aliphatic rings. The van der Waals surface area contributed by atoms with Crippen molar-refractivity contribution in [2.75, 3.05) is 10.6 Å². The number of urea groups is 1. The van der Waals surface area contributed by atoms with Gasteiger partial charge < -0.3 is 10.3 Å². The summed E-state index contributed by atoms with van der Waals surface area (Å²) in [4.78, 5) is 26.9. The van der Waals surface area contributed by atoms with E-state index in [1.807, 2.05) is 31.2 Å². The highest BCUT2D eigenvalue weighted by Crippen LogP contribution is 2.16. The quantitative estimate of drug-likeness (QED) is 0.664. The van der Waals surface area contributed by atoms with Crippen molar-refractivity contribution in [2.45, 2.75) is 6.92 Å². The van der Waals surface area contributed by atoms with Gasteiger partial charge in [-0.1, -0.05) is 18.2 Å². The summed E-state index contributed by atoms with van der Waals surface area (Å²) in [5, 5.41) is 5.45. The molecule has 3 aromatic rings.